The summed E-state index contributed by atoms with van der Waals surface area (Å²) >= 11 is 18.7. The first-order valence-corrected chi connectivity index (χ1v) is 49.9. The van der Waals surface area contributed by atoms with Crippen molar-refractivity contribution in [3.63, 3.8) is 0 Å². The first-order chi connectivity index (χ1) is 59.1. The maximum Gasteiger partial charge on any atom is 2.00 e. The zero-order valence-electron chi connectivity index (χ0n) is 76.3. The SMILES string of the molecule is CC(C)(C)OC(=O)OC(=O)OC(C)(C)C.CC(C)(C)[S@@](N)=O.CC(C)(C)[S@](=O)N=Cc1cc(F)cc(Br)c1F.CC(C)c1cc(F)cc(Br)c1F.CC(C)c1cc(F)cc(C#N)c1F.C[C@@H](N)c1cc(F)cc(Br)c1F.C[C@@H](N)c1cc(F)cc(C#N)c1F.C[C@@H](N[S@@](=O)C(C)(C)C)c1cc(F)cc(Br)c1F.II.O=CC(F)(F)F.O=Cc1cc(F)cc(Br)c1F.[Br-].[C-]#N.[C-]#N.[CH3-].[Mg+2].[Zn+2]. The molecule has 0 fully saturated rings. The van der Waals surface area contributed by atoms with Crippen LogP contribution in [0.4, 0.5) is 84.2 Å². The second-order valence-electron chi connectivity index (χ2n) is 30.8. The second kappa shape index (κ2) is 72.4. The molecule has 0 aliphatic rings. The molecule has 740 valence electrons. The van der Waals surface area contributed by atoms with Crippen LogP contribution < -0.4 is 38.3 Å². The van der Waals surface area contributed by atoms with E-state index in [1.165, 1.54) is 13.0 Å². The Labute approximate surface area is 883 Å². The fourth-order valence-electron chi connectivity index (χ4n) is 7.53. The Balaban J connectivity index is -0.000000159. The van der Waals surface area contributed by atoms with Gasteiger partial charge in [0, 0.05) is 83.8 Å². The van der Waals surface area contributed by atoms with Gasteiger partial charge in [-0.05, 0) is 312 Å². The molecule has 0 aliphatic heterocycles. The summed E-state index contributed by atoms with van der Waals surface area (Å²) in [5.74, 6) is -8.11. The van der Waals surface area contributed by atoms with E-state index in [0.717, 1.165) is 85.1 Å². The van der Waals surface area contributed by atoms with Crippen LogP contribution in [0.5, 0.6) is 0 Å². The van der Waals surface area contributed by atoms with Gasteiger partial charge in [0.25, 0.3) is 0 Å². The Kier molecular flexibility index (Phi) is 80.6. The summed E-state index contributed by atoms with van der Waals surface area (Å²) < 4.78 is 267. The molecule has 0 spiro atoms. The quantitative estimate of drug-likeness (QED) is 0.0114. The molecule has 0 aromatic heterocycles. The largest absolute Gasteiger partial charge is 2.00 e. The summed E-state index contributed by atoms with van der Waals surface area (Å²) in [6, 6.07) is 15.9. The average molecular weight is 2650 g/mol. The normalized spacial score (nSPS) is 11.8. The molecule has 0 saturated heterocycles. The maximum absolute atomic E-state index is 13.8. The average Bonchev–Trinajstić information content (AvgIpc) is 0.829. The summed E-state index contributed by atoms with van der Waals surface area (Å²) in [4.78, 5) is 40.8. The Hall–Kier alpha value is -4.92. The summed E-state index contributed by atoms with van der Waals surface area (Å²) in [5, 5.41) is 34.5. The fraction of sp³-hybridized carbons (Fsp3) is 0.388. The van der Waals surface area contributed by atoms with Gasteiger partial charge in [-0.15, -0.1) is 0 Å². The van der Waals surface area contributed by atoms with Crippen LogP contribution in [0, 0.1) is 135 Å². The zero-order chi connectivity index (χ0) is 104. The van der Waals surface area contributed by atoms with Gasteiger partial charge in [0.2, 0.25) is 6.29 Å². The van der Waals surface area contributed by atoms with Gasteiger partial charge in [-0.2, -0.15) is 28.1 Å². The molecule has 19 nitrogen and oxygen atoms in total. The van der Waals surface area contributed by atoms with E-state index >= 15 is 0 Å². The Morgan fingerprint density at radius 1 is 0.455 bits per heavy atom. The number of carbonyl (C=O) groups excluding carboxylic acids is 4. The predicted octanol–water partition coefficient (Wildman–Crippen LogP) is 24.5. The van der Waals surface area contributed by atoms with E-state index in [1.807, 2.05) is 34.6 Å². The summed E-state index contributed by atoms with van der Waals surface area (Å²) in [6.07, 6.45) is -6.46. The number of rotatable bonds is 10. The van der Waals surface area contributed by atoms with Crippen molar-refractivity contribution in [2.45, 2.75) is 214 Å². The minimum absolute atomic E-state index is 0. The van der Waals surface area contributed by atoms with Gasteiger partial charge < -0.3 is 73.8 Å². The maximum atomic E-state index is 13.8. The molecule has 7 aromatic carbocycles. The van der Waals surface area contributed by atoms with Gasteiger partial charge >= 0.3 is 61.0 Å². The van der Waals surface area contributed by atoms with Gasteiger partial charge in [-0.3, -0.25) is 14.7 Å². The first kappa shape index (κ1) is 149. The summed E-state index contributed by atoms with van der Waals surface area (Å²) in [7, 11) is -4.02. The Bertz CT molecular complexity index is 4920. The Morgan fingerprint density at radius 3 is 0.970 bits per heavy atom. The number of hydrogen-bond acceptors (Lipinski definition) is 16. The van der Waals surface area contributed by atoms with Crippen molar-refractivity contribution in [1.82, 2.24) is 4.72 Å². The van der Waals surface area contributed by atoms with Crippen LogP contribution in [0.25, 0.3) is 0 Å². The first-order valence-electron chi connectivity index (χ1n) is 36.2. The van der Waals surface area contributed by atoms with Crippen molar-refractivity contribution in [2.24, 2.45) is 21.0 Å². The third-order valence-corrected chi connectivity index (χ3v) is 20.7. The molecule has 0 amide bonds. The van der Waals surface area contributed by atoms with E-state index in [4.69, 9.17) is 65.1 Å². The number of aldehydes is 2. The van der Waals surface area contributed by atoms with Gasteiger partial charge in [0.05, 0.1) is 75.3 Å². The minimum Gasteiger partial charge on any atom is -1.00 e. The number of nitrogens with zero attached hydrogens (tertiary/aromatic N) is 5. The number of alkyl halides is 3. The minimum atomic E-state index is -4.64. The van der Waals surface area contributed by atoms with Crippen molar-refractivity contribution in [3.05, 3.63) is 259 Å². The number of nitriles is 2. The number of ether oxygens (including phenoxy) is 3. The number of nitrogens with one attached hydrogen (secondary N) is 1. The molecule has 0 heterocycles. The van der Waals surface area contributed by atoms with Gasteiger partial charge in [-0.1, -0.05) is 27.7 Å². The van der Waals surface area contributed by atoms with Crippen molar-refractivity contribution < 1.29 is 157 Å². The molecule has 0 saturated carbocycles. The fourth-order valence-corrected chi connectivity index (χ4v) is 11.1. The van der Waals surface area contributed by atoms with E-state index in [-0.39, 0.29) is 162 Å². The van der Waals surface area contributed by atoms with E-state index in [0.29, 0.717) is 5.56 Å². The van der Waals surface area contributed by atoms with Crippen LogP contribution in [-0.2, 0) is 71.4 Å². The van der Waals surface area contributed by atoms with Gasteiger partial charge in [0.15, 0.2) is 6.29 Å². The smallest absolute Gasteiger partial charge is 1.00 e. The topological polar surface area (TPSA) is 345 Å². The molecule has 6 atom stereocenters. The van der Waals surface area contributed by atoms with Crippen LogP contribution in [-0.4, -0.2) is 98.4 Å². The van der Waals surface area contributed by atoms with Crippen LogP contribution in [0.15, 0.2) is 112 Å². The predicted molar refractivity (Wildman–Crippen MR) is 514 cm³/mol. The van der Waals surface area contributed by atoms with Crippen molar-refractivity contribution in [3.8, 4) is 12.1 Å². The molecule has 0 aliphatic carbocycles. The van der Waals surface area contributed by atoms with Gasteiger partial charge in [-0.25, -0.2) is 88.4 Å². The molecule has 7 aromatic rings. The van der Waals surface area contributed by atoms with E-state index in [2.05, 4.69) is 131 Å². The number of halogens is 25. The van der Waals surface area contributed by atoms with Crippen molar-refractivity contribution >= 4 is 204 Å². The summed E-state index contributed by atoms with van der Waals surface area (Å²) in [6.45, 7) is 47.6. The number of hydrogen-bond donors (Lipinski definition) is 4. The zero-order valence-corrected chi connectivity index (χ0v) is 97.0. The number of benzene rings is 7. The molecular formula is C85H98Br6F17I2MgN9O10S3Zn. The van der Waals surface area contributed by atoms with E-state index in [9.17, 15) is 102 Å². The molecule has 0 radical (unpaired) electrons. The summed E-state index contributed by atoms with van der Waals surface area (Å²) in [5.41, 5.74) is 9.58. The monoisotopic (exact) mass is 2640 g/mol. The van der Waals surface area contributed by atoms with Gasteiger partial charge in [0.1, 0.15) is 116 Å². The third-order valence-electron chi connectivity index (χ3n) is 13.6. The van der Waals surface area contributed by atoms with Crippen molar-refractivity contribution in [1.29, 1.82) is 21.0 Å². The molecule has 0 bridgehead atoms. The van der Waals surface area contributed by atoms with Crippen LogP contribution in [0.3, 0.4) is 0 Å². The van der Waals surface area contributed by atoms with E-state index < -0.39 is 172 Å². The molecule has 134 heavy (non-hydrogen) atoms. The molecule has 0 unspecified atom stereocenters. The molecule has 7 N–H and O–H groups in total. The van der Waals surface area contributed by atoms with Crippen molar-refractivity contribution in [2.75, 3.05) is 0 Å². The van der Waals surface area contributed by atoms with E-state index in [1.54, 1.807) is 123 Å². The van der Waals surface area contributed by atoms with Crippen LogP contribution >= 0.6 is 117 Å². The number of nitrogens with two attached hydrogens (primary N) is 3. The Morgan fingerprint density at radius 2 is 0.701 bits per heavy atom. The molecule has 7 rings (SSSR count). The molecular weight excluding hydrogens is 2550 g/mol. The van der Waals surface area contributed by atoms with Crippen LogP contribution in [0.2, 0.25) is 0 Å². The number of carbonyl (C=O) groups is 4. The van der Waals surface area contributed by atoms with Crippen LogP contribution in [0.1, 0.15) is 237 Å². The third kappa shape index (κ3) is 64.4. The molecule has 49 heteroatoms. The second-order valence-corrected chi connectivity index (χ2v) is 40.8. The standard InChI is InChI=1S/C12H16BrF2NOS.C11H12BrF2NOS.C10H9F2N.C10H18O5.C9H9BrF2.C9H8F2N2.C8H8BrF2N.C7H3BrF2O.C4H11NOS.C2HF3O.2CN.CH3.BrH.I2.Mg.Zn/c1-7(16-18(17)12(2,3)4)9-5-8(14)6-10(13)11(9)15;1-11(2,3)17(16)15-6-7-4-8(13)5-9(12)10(7)14;1-6(2)9-4-8(11)3-7(5-13)10(9)12;1-9(2,3)14-7(11)13-8(12)15-10(4,5)6;1-5(2)7-3-6(11)4-8(10)9(7)12;1-5(13)8-3-7(10)2-6(4-12)9(8)11;1-4(12)6-2-5(10)3-7(9)8(6)11;8-6-2-5(9)1-4(3-11)7(6)10;1-4(2,3)7(5)6;3-2(4,5)1-6;2*1-2;;;1-2;;/h5-7,16H,1-4H3;4-6H,1-3H3;3-4,6H,1-2H3;1-6H3;3-5H,1-2H3;2-3,5H,13H2,1H3;2-4H,12H2,1H3;1-3H;5H2,1-3H3;1H;;;1H3;1H;;;/q;;;;;;;;;;3*-1;;;2*+2/p-1/t7-,18+;17-;;;;5-;4-;;7-;;;;;;;;/m10...11.0......../s1.